The number of carbonyl (C=O) groups is 2. The number of nitrogens with one attached hydrogen (secondary N) is 1. The van der Waals surface area contributed by atoms with Crippen molar-refractivity contribution in [2.45, 2.75) is 32.6 Å². The third-order valence-corrected chi connectivity index (χ3v) is 5.38. The summed E-state index contributed by atoms with van der Waals surface area (Å²) in [5.74, 6) is 0.459. The molecule has 1 amide bonds. The molecule has 2 aromatic carbocycles. The number of carbonyl (C=O) groups excluding carboxylic acids is 2. The number of ether oxygens (including phenoxy) is 2. The van der Waals surface area contributed by atoms with Gasteiger partial charge in [-0.25, -0.2) is 4.79 Å². The molecule has 0 saturated heterocycles. The molecule has 0 unspecified atom stereocenters. The summed E-state index contributed by atoms with van der Waals surface area (Å²) in [5, 5.41) is 2.70. The number of nitrogens with zero attached hydrogens (tertiary/aromatic N) is 1. The van der Waals surface area contributed by atoms with Crippen molar-refractivity contribution in [3.05, 3.63) is 78.1 Å². The predicted octanol–water partition coefficient (Wildman–Crippen LogP) is 5.30. The van der Waals surface area contributed by atoms with E-state index in [1.165, 1.54) is 5.56 Å². The molecule has 0 aliphatic rings. The largest absolute Gasteiger partial charge is 0.457 e. The average Bonchev–Trinajstić information content (AvgIpc) is 3.20. The molecule has 0 aliphatic heterocycles. The van der Waals surface area contributed by atoms with Gasteiger partial charge in [0.05, 0.1) is 0 Å². The van der Waals surface area contributed by atoms with Gasteiger partial charge in [0.1, 0.15) is 17.2 Å². The van der Waals surface area contributed by atoms with Crippen LogP contribution in [0.4, 0.5) is 5.69 Å². The molecule has 3 aromatic rings. The van der Waals surface area contributed by atoms with Crippen LogP contribution >= 0.6 is 0 Å². The summed E-state index contributed by atoms with van der Waals surface area (Å²) in [4.78, 5) is 24.0. The number of amides is 1. The number of anilines is 1. The van der Waals surface area contributed by atoms with E-state index in [1.807, 2.05) is 12.1 Å². The van der Waals surface area contributed by atoms with E-state index in [4.69, 9.17) is 9.47 Å². The third kappa shape index (κ3) is 5.75. The first kappa shape index (κ1) is 22.2. The molecule has 3 rings (SSSR count). The Hall–Kier alpha value is -3.54. The van der Waals surface area contributed by atoms with Crippen LogP contribution in [0.1, 0.15) is 43.2 Å². The van der Waals surface area contributed by atoms with E-state index in [-0.39, 0.29) is 12.0 Å². The Bertz CT molecular complexity index is 1030. The van der Waals surface area contributed by atoms with Gasteiger partial charge in [0.2, 0.25) is 0 Å². The van der Waals surface area contributed by atoms with Gasteiger partial charge in [0.15, 0.2) is 6.61 Å². The molecule has 0 fully saturated rings. The predicted molar refractivity (Wildman–Crippen MR) is 121 cm³/mol. The normalized spacial score (nSPS) is 11.1. The second-order valence-corrected chi connectivity index (χ2v) is 8.02. The SMILES string of the molecule is CCC(C)(C)c1ccc(Oc2ccc(NC(=O)COC(=O)c3cccn3C)cc2)cc1. The first-order valence-corrected chi connectivity index (χ1v) is 10.3. The van der Waals surface area contributed by atoms with Crippen molar-refractivity contribution in [1.29, 1.82) is 0 Å². The van der Waals surface area contributed by atoms with E-state index in [2.05, 4.69) is 38.2 Å². The minimum absolute atomic E-state index is 0.133. The summed E-state index contributed by atoms with van der Waals surface area (Å²) in [6.07, 6.45) is 2.80. The number of hydrogen-bond donors (Lipinski definition) is 1. The number of aromatic nitrogens is 1. The molecule has 1 N–H and O–H groups in total. The van der Waals surface area contributed by atoms with Crippen LogP contribution in [0.25, 0.3) is 0 Å². The fourth-order valence-electron chi connectivity index (χ4n) is 3.00. The quantitative estimate of drug-likeness (QED) is 0.502. The fraction of sp³-hybridized carbons (Fsp3) is 0.280. The molecule has 0 bridgehead atoms. The van der Waals surface area contributed by atoms with Crippen LogP contribution in [0.2, 0.25) is 0 Å². The highest BCUT2D eigenvalue weighted by Gasteiger charge is 2.17. The van der Waals surface area contributed by atoms with Crippen LogP contribution in [-0.2, 0) is 22.0 Å². The van der Waals surface area contributed by atoms with Gasteiger partial charge < -0.3 is 19.4 Å². The number of rotatable bonds is 8. The summed E-state index contributed by atoms with van der Waals surface area (Å²) in [6, 6.07) is 18.5. The monoisotopic (exact) mass is 420 g/mol. The Morgan fingerprint density at radius 2 is 1.58 bits per heavy atom. The molecule has 1 heterocycles. The van der Waals surface area contributed by atoms with Crippen molar-refractivity contribution < 1.29 is 19.1 Å². The summed E-state index contributed by atoms with van der Waals surface area (Å²) >= 11 is 0. The standard InChI is InChI=1S/C25H28N2O4/c1-5-25(2,3)18-8-12-20(13-9-18)31-21-14-10-19(11-15-21)26-23(28)17-30-24(29)22-7-6-16-27(22)4/h6-16H,5,17H2,1-4H3,(H,26,28). The van der Waals surface area contributed by atoms with Crippen molar-refractivity contribution in [1.82, 2.24) is 4.57 Å². The van der Waals surface area contributed by atoms with Crippen molar-refractivity contribution in [2.75, 3.05) is 11.9 Å². The van der Waals surface area contributed by atoms with Gasteiger partial charge in [-0.05, 0) is 65.9 Å². The van der Waals surface area contributed by atoms with Crippen LogP contribution in [0.3, 0.4) is 0 Å². The van der Waals surface area contributed by atoms with Crippen LogP contribution in [0.15, 0.2) is 66.9 Å². The highest BCUT2D eigenvalue weighted by Crippen LogP contribution is 2.29. The Morgan fingerprint density at radius 1 is 0.968 bits per heavy atom. The molecule has 0 atom stereocenters. The van der Waals surface area contributed by atoms with Gasteiger partial charge in [-0.1, -0.05) is 32.9 Å². The van der Waals surface area contributed by atoms with Gasteiger partial charge in [-0.3, -0.25) is 4.79 Å². The Kier molecular flexibility index (Phi) is 6.80. The average molecular weight is 421 g/mol. The van der Waals surface area contributed by atoms with Gasteiger partial charge >= 0.3 is 5.97 Å². The molecule has 1 aromatic heterocycles. The molecule has 0 aliphatic carbocycles. The van der Waals surface area contributed by atoms with Gasteiger partial charge in [0.25, 0.3) is 5.91 Å². The Balaban J connectivity index is 1.51. The van der Waals surface area contributed by atoms with E-state index in [0.717, 1.165) is 12.2 Å². The van der Waals surface area contributed by atoms with Crippen LogP contribution in [0, 0.1) is 0 Å². The van der Waals surface area contributed by atoms with Crippen molar-refractivity contribution in [3.63, 3.8) is 0 Å². The zero-order valence-corrected chi connectivity index (χ0v) is 18.3. The summed E-state index contributed by atoms with van der Waals surface area (Å²) < 4.78 is 12.6. The topological polar surface area (TPSA) is 69.6 Å². The number of hydrogen-bond acceptors (Lipinski definition) is 4. The van der Waals surface area contributed by atoms with Gasteiger partial charge in [-0.15, -0.1) is 0 Å². The molecule has 162 valence electrons. The van der Waals surface area contributed by atoms with Crippen molar-refractivity contribution in [3.8, 4) is 11.5 Å². The molecule has 0 spiro atoms. The zero-order chi connectivity index (χ0) is 22.4. The van der Waals surface area contributed by atoms with Crippen LogP contribution < -0.4 is 10.1 Å². The maximum absolute atomic E-state index is 12.1. The molecule has 6 heteroatoms. The maximum atomic E-state index is 12.1. The lowest BCUT2D eigenvalue weighted by Crippen LogP contribution is -2.21. The lowest BCUT2D eigenvalue weighted by molar-refractivity contribution is -0.119. The van der Waals surface area contributed by atoms with E-state index < -0.39 is 11.9 Å². The van der Waals surface area contributed by atoms with Crippen molar-refractivity contribution >= 4 is 17.6 Å². The molecule has 31 heavy (non-hydrogen) atoms. The van der Waals surface area contributed by atoms with Crippen molar-refractivity contribution in [2.24, 2.45) is 7.05 Å². The van der Waals surface area contributed by atoms with Crippen LogP contribution in [0.5, 0.6) is 11.5 Å². The van der Waals surface area contributed by atoms with Gasteiger partial charge in [0, 0.05) is 18.9 Å². The van der Waals surface area contributed by atoms with Gasteiger partial charge in [-0.2, -0.15) is 0 Å². The van der Waals surface area contributed by atoms with Crippen LogP contribution in [-0.4, -0.2) is 23.1 Å². The summed E-state index contributed by atoms with van der Waals surface area (Å²) in [5.41, 5.74) is 2.38. The van der Waals surface area contributed by atoms with E-state index >= 15 is 0 Å². The second-order valence-electron chi connectivity index (χ2n) is 8.02. The minimum atomic E-state index is -0.542. The Labute approximate surface area is 182 Å². The summed E-state index contributed by atoms with van der Waals surface area (Å²) in [7, 11) is 1.74. The molecule has 0 saturated carbocycles. The second kappa shape index (κ2) is 9.51. The molecule has 0 radical (unpaired) electrons. The maximum Gasteiger partial charge on any atom is 0.355 e. The molecular weight excluding hydrogens is 392 g/mol. The first-order valence-electron chi connectivity index (χ1n) is 10.3. The molecule has 6 nitrogen and oxygen atoms in total. The lowest BCUT2D eigenvalue weighted by atomic mass is 9.82. The smallest absolute Gasteiger partial charge is 0.355 e. The molecular formula is C25H28N2O4. The highest BCUT2D eigenvalue weighted by molar-refractivity contribution is 5.95. The number of benzene rings is 2. The first-order chi connectivity index (χ1) is 14.8. The highest BCUT2D eigenvalue weighted by atomic mass is 16.5. The fourth-order valence-corrected chi connectivity index (χ4v) is 3.00. The number of esters is 1. The minimum Gasteiger partial charge on any atom is -0.457 e. The Morgan fingerprint density at radius 3 is 2.13 bits per heavy atom. The lowest BCUT2D eigenvalue weighted by Gasteiger charge is -2.23. The third-order valence-electron chi connectivity index (χ3n) is 5.38. The van der Waals surface area contributed by atoms with E-state index in [0.29, 0.717) is 17.1 Å². The van der Waals surface area contributed by atoms with E-state index in [9.17, 15) is 9.59 Å². The summed E-state index contributed by atoms with van der Waals surface area (Å²) in [6.45, 7) is 6.26. The zero-order valence-electron chi connectivity index (χ0n) is 18.3. The number of aryl methyl sites for hydroxylation is 1. The van der Waals surface area contributed by atoms with E-state index in [1.54, 1.807) is 54.2 Å².